The fourth-order valence-electron chi connectivity index (χ4n) is 5.70. The maximum absolute atomic E-state index is 13.6. The quantitative estimate of drug-likeness (QED) is 0.169. The van der Waals surface area contributed by atoms with Crippen LogP contribution in [0.2, 0.25) is 0 Å². The summed E-state index contributed by atoms with van der Waals surface area (Å²) in [5, 5.41) is 7.52. The molecule has 2 unspecified atom stereocenters. The van der Waals surface area contributed by atoms with Gasteiger partial charge in [-0.15, -0.1) is 0 Å². The van der Waals surface area contributed by atoms with Gasteiger partial charge in [0.2, 0.25) is 18.0 Å². The molecule has 0 saturated heterocycles. The van der Waals surface area contributed by atoms with Crippen LogP contribution in [0.5, 0.6) is 0 Å². The van der Waals surface area contributed by atoms with E-state index in [2.05, 4.69) is 16.0 Å². The summed E-state index contributed by atoms with van der Waals surface area (Å²) in [6.07, 6.45) is -2.02. The number of carbonyl (C=O) groups excluding carboxylic acids is 5. The topological polar surface area (TPSA) is 149 Å². The van der Waals surface area contributed by atoms with Gasteiger partial charge in [0, 0.05) is 5.92 Å². The highest BCUT2D eigenvalue weighted by atomic mass is 16.6. The van der Waals surface area contributed by atoms with E-state index in [4.69, 9.17) is 14.2 Å². The summed E-state index contributed by atoms with van der Waals surface area (Å²) in [4.78, 5) is 65.8. The van der Waals surface area contributed by atoms with E-state index >= 15 is 0 Å². The molecule has 11 heteroatoms. The number of ether oxygens (including phenoxy) is 3. The summed E-state index contributed by atoms with van der Waals surface area (Å²) < 4.78 is 15.9. The number of nitrogens with one attached hydrogen (secondary N) is 3. The Labute approximate surface area is 264 Å². The van der Waals surface area contributed by atoms with Gasteiger partial charge in [-0.1, -0.05) is 88.4 Å². The van der Waals surface area contributed by atoms with Crippen LogP contribution in [0.25, 0.3) is 0 Å². The van der Waals surface area contributed by atoms with Crippen molar-refractivity contribution in [3.8, 4) is 0 Å². The Kier molecular flexibility index (Phi) is 12.1. The summed E-state index contributed by atoms with van der Waals surface area (Å²) >= 11 is 0. The van der Waals surface area contributed by atoms with Crippen molar-refractivity contribution in [3.63, 3.8) is 0 Å². The Bertz CT molecular complexity index is 1250. The van der Waals surface area contributed by atoms with Gasteiger partial charge in [-0.25, -0.2) is 9.59 Å². The van der Waals surface area contributed by atoms with E-state index in [0.717, 1.165) is 18.4 Å². The molecule has 0 aliphatic heterocycles. The number of amides is 3. The summed E-state index contributed by atoms with van der Waals surface area (Å²) in [5.74, 6) is -3.45. The lowest BCUT2D eigenvalue weighted by atomic mass is 9.72. The van der Waals surface area contributed by atoms with Gasteiger partial charge in [-0.3, -0.25) is 14.4 Å². The lowest BCUT2D eigenvalue weighted by Crippen LogP contribution is -2.60. The molecule has 2 aromatic carbocycles. The first-order valence-electron chi connectivity index (χ1n) is 15.2. The van der Waals surface area contributed by atoms with Gasteiger partial charge in [0.1, 0.15) is 19.3 Å². The van der Waals surface area contributed by atoms with Crippen LogP contribution in [0.4, 0.5) is 4.79 Å². The molecule has 0 bridgehead atoms. The molecule has 1 fully saturated rings. The molecular formula is C34H45N3O8. The molecule has 3 amide bonds. The van der Waals surface area contributed by atoms with E-state index in [0.29, 0.717) is 5.56 Å². The molecule has 1 aliphatic carbocycles. The lowest BCUT2D eigenvalue weighted by Gasteiger charge is -2.35. The van der Waals surface area contributed by atoms with Crippen molar-refractivity contribution in [1.29, 1.82) is 0 Å². The van der Waals surface area contributed by atoms with E-state index in [-0.39, 0.29) is 24.0 Å². The molecule has 1 saturated carbocycles. The van der Waals surface area contributed by atoms with Gasteiger partial charge in [0.05, 0.1) is 12.5 Å². The Morgan fingerprint density at radius 2 is 1.27 bits per heavy atom. The second-order valence-corrected chi connectivity index (χ2v) is 13.0. The van der Waals surface area contributed by atoms with Crippen molar-refractivity contribution in [2.45, 2.75) is 92.3 Å². The van der Waals surface area contributed by atoms with Gasteiger partial charge >= 0.3 is 18.0 Å². The van der Waals surface area contributed by atoms with Crippen LogP contribution in [0, 0.1) is 16.7 Å². The second-order valence-electron chi connectivity index (χ2n) is 13.0. The Hall–Kier alpha value is -4.41. The molecule has 11 nitrogen and oxygen atoms in total. The van der Waals surface area contributed by atoms with Crippen LogP contribution in [0.15, 0.2) is 60.7 Å². The van der Waals surface area contributed by atoms with Crippen LogP contribution < -0.4 is 16.0 Å². The van der Waals surface area contributed by atoms with Gasteiger partial charge in [0.25, 0.3) is 0 Å². The van der Waals surface area contributed by atoms with E-state index < -0.39 is 60.5 Å². The first kappa shape index (κ1) is 35.1. The molecule has 45 heavy (non-hydrogen) atoms. The number of esters is 2. The van der Waals surface area contributed by atoms with Gasteiger partial charge in [0.15, 0.2) is 0 Å². The SMILES string of the molecule is CC(C)OC(=O)C(NC(=O)C(CC(=O)OCc1ccccc1)NC(=O)OCc1ccccc1)NC(=O)C1C(C)(C)CCC1(C)C. The van der Waals surface area contributed by atoms with E-state index in [1.807, 2.05) is 39.8 Å². The van der Waals surface area contributed by atoms with E-state index in [9.17, 15) is 24.0 Å². The van der Waals surface area contributed by atoms with Gasteiger partial charge in [-0.05, 0) is 48.6 Å². The van der Waals surface area contributed by atoms with Crippen molar-refractivity contribution in [1.82, 2.24) is 16.0 Å². The fraction of sp³-hybridized carbons (Fsp3) is 0.500. The van der Waals surface area contributed by atoms with Crippen molar-refractivity contribution < 1.29 is 38.2 Å². The number of rotatable bonds is 13. The fourth-order valence-corrected chi connectivity index (χ4v) is 5.70. The number of hydrogen-bond acceptors (Lipinski definition) is 8. The third-order valence-electron chi connectivity index (χ3n) is 7.83. The molecule has 0 heterocycles. The summed E-state index contributed by atoms with van der Waals surface area (Å²) in [6.45, 7) is 11.1. The van der Waals surface area contributed by atoms with Crippen LogP contribution in [0.1, 0.15) is 71.9 Å². The third kappa shape index (κ3) is 10.6. The molecular weight excluding hydrogens is 578 g/mol. The number of benzene rings is 2. The normalized spacial score (nSPS) is 16.6. The zero-order chi connectivity index (χ0) is 33.2. The number of carbonyl (C=O) groups is 5. The molecule has 0 aromatic heterocycles. The first-order valence-corrected chi connectivity index (χ1v) is 15.2. The van der Waals surface area contributed by atoms with Crippen molar-refractivity contribution in [2.75, 3.05) is 0 Å². The summed E-state index contributed by atoms with van der Waals surface area (Å²) in [7, 11) is 0. The lowest BCUT2D eigenvalue weighted by molar-refractivity contribution is -0.155. The van der Waals surface area contributed by atoms with Crippen molar-refractivity contribution in [3.05, 3.63) is 71.8 Å². The number of alkyl carbamates (subject to hydrolysis) is 1. The minimum absolute atomic E-state index is 0.0428. The maximum Gasteiger partial charge on any atom is 0.408 e. The molecule has 244 valence electrons. The first-order chi connectivity index (χ1) is 21.2. The Morgan fingerprint density at radius 3 is 1.78 bits per heavy atom. The molecule has 1 aliphatic rings. The smallest absolute Gasteiger partial charge is 0.408 e. The zero-order valence-electron chi connectivity index (χ0n) is 26.9. The summed E-state index contributed by atoms with van der Waals surface area (Å²) in [6, 6.07) is 16.4. The van der Waals surface area contributed by atoms with E-state index in [1.54, 1.807) is 62.4 Å². The molecule has 0 spiro atoms. The second kappa shape index (κ2) is 15.5. The Morgan fingerprint density at radius 1 is 0.756 bits per heavy atom. The monoisotopic (exact) mass is 623 g/mol. The average molecular weight is 624 g/mol. The standard InChI is InChI=1S/C34H45N3O8/c1-22(2)45-31(41)28(37-30(40)27-33(3,4)17-18-34(27,5)6)36-29(39)25(19-26(38)43-20-23-13-9-7-10-14-23)35-32(42)44-21-24-15-11-8-12-16-24/h7-16,22,25,27-28H,17-21H2,1-6H3,(H,35,42)(H,36,39)(H,37,40). The van der Waals surface area contributed by atoms with Crippen LogP contribution in [0.3, 0.4) is 0 Å². The van der Waals surface area contributed by atoms with E-state index in [1.165, 1.54) is 0 Å². The molecule has 0 radical (unpaired) electrons. The van der Waals surface area contributed by atoms with Gasteiger partial charge in [-0.2, -0.15) is 0 Å². The minimum Gasteiger partial charge on any atom is -0.461 e. The average Bonchev–Trinajstić information content (AvgIpc) is 3.21. The molecule has 2 aromatic rings. The minimum atomic E-state index is -1.58. The molecule has 2 atom stereocenters. The predicted octanol–water partition coefficient (Wildman–Crippen LogP) is 4.39. The van der Waals surface area contributed by atoms with Crippen LogP contribution in [-0.4, -0.2) is 48.2 Å². The van der Waals surface area contributed by atoms with Gasteiger partial charge < -0.3 is 30.2 Å². The van der Waals surface area contributed by atoms with Crippen LogP contribution >= 0.6 is 0 Å². The predicted molar refractivity (Wildman–Crippen MR) is 166 cm³/mol. The summed E-state index contributed by atoms with van der Waals surface area (Å²) in [5.41, 5.74) is 0.755. The zero-order valence-corrected chi connectivity index (χ0v) is 26.9. The third-order valence-corrected chi connectivity index (χ3v) is 7.83. The van der Waals surface area contributed by atoms with Crippen LogP contribution in [-0.2, 0) is 46.6 Å². The molecule has 3 rings (SSSR count). The highest BCUT2D eigenvalue weighted by molar-refractivity contribution is 5.94. The highest BCUT2D eigenvalue weighted by Crippen LogP contribution is 2.53. The van der Waals surface area contributed by atoms with Crippen molar-refractivity contribution >= 4 is 29.8 Å². The Balaban J connectivity index is 1.77. The maximum atomic E-state index is 13.6. The molecule has 3 N–H and O–H groups in total. The largest absolute Gasteiger partial charge is 0.461 e. The highest BCUT2D eigenvalue weighted by Gasteiger charge is 2.51. The van der Waals surface area contributed by atoms with Crippen molar-refractivity contribution in [2.24, 2.45) is 16.7 Å². The number of hydrogen-bond donors (Lipinski definition) is 3.